The van der Waals surface area contributed by atoms with Crippen LogP contribution in [0.4, 0.5) is 5.69 Å². The third-order valence-electron chi connectivity index (χ3n) is 1.83. The van der Waals surface area contributed by atoms with Crippen LogP contribution >= 0.6 is 13.5 Å². The molecule has 0 amide bonds. The standard InChI is InChI=1S/C7H11N3O2.H2S/c1-11-4-5-3-10-7(12-5)6(8)2-9-10;/h2,5H,3-4,8H2,1H3;1H2/t5-;/m0./s1. The van der Waals surface area contributed by atoms with E-state index in [-0.39, 0.29) is 19.6 Å². The smallest absolute Gasteiger partial charge is 0.236 e. The van der Waals surface area contributed by atoms with Gasteiger partial charge in [-0.3, -0.25) is 0 Å². The predicted octanol–water partition coefficient (Wildman–Crippen LogP) is -0.0145. The van der Waals surface area contributed by atoms with E-state index in [1.807, 2.05) is 0 Å². The summed E-state index contributed by atoms with van der Waals surface area (Å²) in [6.45, 7) is 1.29. The van der Waals surface area contributed by atoms with E-state index in [1.54, 1.807) is 18.0 Å². The van der Waals surface area contributed by atoms with E-state index in [0.29, 0.717) is 18.2 Å². The molecule has 1 aliphatic rings. The minimum Gasteiger partial charge on any atom is -0.469 e. The fourth-order valence-corrected chi connectivity index (χ4v) is 1.31. The summed E-state index contributed by atoms with van der Waals surface area (Å²) in [6.07, 6.45) is 1.65. The molecule has 2 heterocycles. The lowest BCUT2D eigenvalue weighted by Gasteiger charge is -2.06. The first-order valence-corrected chi connectivity index (χ1v) is 3.78. The predicted molar refractivity (Wildman–Crippen MR) is 53.3 cm³/mol. The van der Waals surface area contributed by atoms with E-state index >= 15 is 0 Å². The van der Waals surface area contributed by atoms with Gasteiger partial charge in [-0.25, -0.2) is 4.68 Å². The molecule has 0 fully saturated rings. The van der Waals surface area contributed by atoms with Crippen LogP contribution in [-0.2, 0) is 11.3 Å². The minimum absolute atomic E-state index is 0. The second-order valence-electron chi connectivity index (χ2n) is 2.78. The minimum atomic E-state index is 0. The van der Waals surface area contributed by atoms with Crippen LogP contribution in [0.5, 0.6) is 5.88 Å². The summed E-state index contributed by atoms with van der Waals surface area (Å²) in [5.74, 6) is 0.664. The van der Waals surface area contributed by atoms with Crippen LogP contribution in [0, 0.1) is 0 Å². The maximum atomic E-state index is 5.60. The molecular formula is C7H13N3O2S. The Kier molecular flexibility index (Phi) is 3.05. The first-order valence-electron chi connectivity index (χ1n) is 3.78. The number of nitrogens with zero attached hydrogens (tertiary/aromatic N) is 2. The summed E-state index contributed by atoms with van der Waals surface area (Å²) >= 11 is 0. The number of fused-ring (bicyclic) bond motifs is 1. The molecule has 1 aromatic rings. The van der Waals surface area contributed by atoms with E-state index in [4.69, 9.17) is 15.2 Å². The lowest BCUT2D eigenvalue weighted by Crippen LogP contribution is -2.20. The van der Waals surface area contributed by atoms with Crippen molar-refractivity contribution in [3.05, 3.63) is 6.20 Å². The molecule has 1 atom stereocenters. The van der Waals surface area contributed by atoms with Gasteiger partial charge >= 0.3 is 0 Å². The first kappa shape index (κ1) is 10.2. The van der Waals surface area contributed by atoms with Crippen molar-refractivity contribution in [1.82, 2.24) is 9.78 Å². The van der Waals surface area contributed by atoms with Crippen molar-refractivity contribution >= 4 is 19.2 Å². The molecule has 13 heavy (non-hydrogen) atoms. The van der Waals surface area contributed by atoms with Crippen molar-refractivity contribution in [2.45, 2.75) is 12.6 Å². The van der Waals surface area contributed by atoms with Crippen molar-refractivity contribution in [1.29, 1.82) is 0 Å². The Balaban J connectivity index is 0.000000845. The van der Waals surface area contributed by atoms with Gasteiger partial charge in [0.2, 0.25) is 5.88 Å². The number of nitrogens with two attached hydrogens (primary N) is 1. The number of nitrogen functional groups attached to an aromatic ring is 1. The summed E-state index contributed by atoms with van der Waals surface area (Å²) in [4.78, 5) is 0. The van der Waals surface area contributed by atoms with Gasteiger partial charge in [0.1, 0.15) is 11.8 Å². The Hall–Kier alpha value is -0.880. The van der Waals surface area contributed by atoms with E-state index in [2.05, 4.69) is 5.10 Å². The topological polar surface area (TPSA) is 62.3 Å². The van der Waals surface area contributed by atoms with Gasteiger partial charge < -0.3 is 15.2 Å². The zero-order valence-corrected chi connectivity index (χ0v) is 8.36. The molecule has 0 spiro atoms. The van der Waals surface area contributed by atoms with Gasteiger partial charge in [-0.2, -0.15) is 18.6 Å². The SMILES string of the molecule is COC[C@@H]1Cn2ncc(N)c2O1.S. The average molecular weight is 203 g/mol. The van der Waals surface area contributed by atoms with Crippen LogP contribution in [-0.4, -0.2) is 29.6 Å². The van der Waals surface area contributed by atoms with E-state index in [0.717, 1.165) is 6.54 Å². The van der Waals surface area contributed by atoms with Crippen molar-refractivity contribution in [2.75, 3.05) is 19.5 Å². The first-order chi connectivity index (χ1) is 5.81. The van der Waals surface area contributed by atoms with Gasteiger partial charge in [0, 0.05) is 7.11 Å². The number of methoxy groups -OCH3 is 1. The highest BCUT2D eigenvalue weighted by Crippen LogP contribution is 2.27. The quantitative estimate of drug-likeness (QED) is 0.734. The fraction of sp³-hybridized carbons (Fsp3) is 0.571. The highest BCUT2D eigenvalue weighted by Gasteiger charge is 2.25. The molecule has 1 aromatic heterocycles. The van der Waals surface area contributed by atoms with Gasteiger partial charge in [0.15, 0.2) is 0 Å². The van der Waals surface area contributed by atoms with Crippen LogP contribution in [0.1, 0.15) is 0 Å². The third kappa shape index (κ3) is 1.73. The lowest BCUT2D eigenvalue weighted by atomic mass is 10.4. The van der Waals surface area contributed by atoms with Crippen LogP contribution in [0.2, 0.25) is 0 Å². The van der Waals surface area contributed by atoms with Crippen LogP contribution in [0.15, 0.2) is 6.20 Å². The van der Waals surface area contributed by atoms with Crippen molar-refractivity contribution < 1.29 is 9.47 Å². The molecule has 0 aromatic carbocycles. The number of anilines is 1. The second-order valence-corrected chi connectivity index (χ2v) is 2.78. The zero-order valence-electron chi connectivity index (χ0n) is 7.36. The van der Waals surface area contributed by atoms with Crippen molar-refractivity contribution in [3.63, 3.8) is 0 Å². The Morgan fingerprint density at radius 1 is 1.85 bits per heavy atom. The summed E-state index contributed by atoms with van der Waals surface area (Å²) in [5, 5.41) is 4.04. The van der Waals surface area contributed by atoms with E-state index in [9.17, 15) is 0 Å². The van der Waals surface area contributed by atoms with E-state index in [1.165, 1.54) is 0 Å². The summed E-state index contributed by atoms with van der Waals surface area (Å²) in [6, 6.07) is 0. The fourth-order valence-electron chi connectivity index (χ4n) is 1.31. The lowest BCUT2D eigenvalue weighted by molar-refractivity contribution is 0.0938. The highest BCUT2D eigenvalue weighted by atomic mass is 32.1. The summed E-state index contributed by atoms with van der Waals surface area (Å²) in [5.41, 5.74) is 6.19. The Labute approximate surface area is 83.3 Å². The molecule has 0 bridgehead atoms. The van der Waals surface area contributed by atoms with Crippen molar-refractivity contribution in [3.8, 4) is 5.88 Å². The van der Waals surface area contributed by atoms with Gasteiger partial charge in [0.25, 0.3) is 0 Å². The van der Waals surface area contributed by atoms with Crippen LogP contribution < -0.4 is 10.5 Å². The molecule has 1 aliphatic heterocycles. The van der Waals surface area contributed by atoms with Gasteiger partial charge in [-0.15, -0.1) is 0 Å². The molecule has 0 unspecified atom stereocenters. The number of rotatable bonds is 2. The Bertz CT molecular complexity index is 289. The number of hydrogen-bond acceptors (Lipinski definition) is 4. The molecule has 5 nitrogen and oxygen atoms in total. The van der Waals surface area contributed by atoms with Crippen LogP contribution in [0.3, 0.4) is 0 Å². The molecule has 2 N–H and O–H groups in total. The zero-order chi connectivity index (χ0) is 8.55. The number of ether oxygens (including phenoxy) is 2. The van der Waals surface area contributed by atoms with Gasteiger partial charge in [0.05, 0.1) is 19.3 Å². The highest BCUT2D eigenvalue weighted by molar-refractivity contribution is 7.59. The maximum absolute atomic E-state index is 5.60. The van der Waals surface area contributed by atoms with Gasteiger partial charge in [-0.05, 0) is 0 Å². The maximum Gasteiger partial charge on any atom is 0.236 e. The average Bonchev–Trinajstić information content (AvgIpc) is 2.55. The van der Waals surface area contributed by atoms with Gasteiger partial charge in [-0.1, -0.05) is 0 Å². The molecule has 0 saturated heterocycles. The number of hydrogen-bond donors (Lipinski definition) is 1. The molecule has 0 radical (unpaired) electrons. The molecule has 2 rings (SSSR count). The Morgan fingerprint density at radius 2 is 2.62 bits per heavy atom. The monoisotopic (exact) mass is 203 g/mol. The van der Waals surface area contributed by atoms with Crippen LogP contribution in [0.25, 0.3) is 0 Å². The summed E-state index contributed by atoms with van der Waals surface area (Å²) < 4.78 is 12.2. The number of aromatic nitrogens is 2. The molecule has 74 valence electrons. The third-order valence-corrected chi connectivity index (χ3v) is 1.83. The Morgan fingerprint density at radius 3 is 3.23 bits per heavy atom. The molecule has 0 saturated carbocycles. The van der Waals surface area contributed by atoms with Crippen molar-refractivity contribution in [2.24, 2.45) is 0 Å². The van der Waals surface area contributed by atoms with E-state index < -0.39 is 0 Å². The normalized spacial score (nSPS) is 19.0. The molecular weight excluding hydrogens is 190 g/mol. The molecule has 6 heteroatoms. The second kappa shape index (κ2) is 3.89. The summed E-state index contributed by atoms with van der Waals surface area (Å²) in [7, 11) is 1.65. The molecule has 0 aliphatic carbocycles. The largest absolute Gasteiger partial charge is 0.469 e.